The molecule has 1 N–H and O–H groups in total. The Morgan fingerprint density at radius 1 is 1.27 bits per heavy atom. The molecule has 5 nitrogen and oxygen atoms in total. The van der Waals surface area contributed by atoms with Gasteiger partial charge in [0.25, 0.3) is 0 Å². The quantitative estimate of drug-likeness (QED) is 0.246. The number of carbonyl (C=O) groups excluding carboxylic acids is 1. The van der Waals surface area contributed by atoms with Crippen LogP contribution in [0.3, 0.4) is 0 Å². The van der Waals surface area contributed by atoms with Crippen molar-refractivity contribution >= 4 is 36.9 Å². The zero-order valence-corrected chi connectivity index (χ0v) is 22.8. The zero-order valence-electron chi connectivity index (χ0n) is 19.6. The van der Waals surface area contributed by atoms with Crippen molar-refractivity contribution in [1.29, 1.82) is 0 Å². The topological polar surface area (TPSA) is 59.0 Å². The molecule has 1 aliphatic rings. The Hall–Kier alpha value is -1.49. The second kappa shape index (κ2) is 11.3. The van der Waals surface area contributed by atoms with Crippen molar-refractivity contribution in [1.82, 2.24) is 4.90 Å². The zero-order chi connectivity index (χ0) is 24.2. The molecule has 1 amide bonds. The van der Waals surface area contributed by atoms with Crippen LogP contribution in [-0.4, -0.2) is 50.7 Å². The predicted molar refractivity (Wildman–Crippen MR) is 138 cm³/mol. The van der Waals surface area contributed by atoms with E-state index in [0.717, 1.165) is 14.7 Å². The number of amides is 1. The summed E-state index contributed by atoms with van der Waals surface area (Å²) in [5, 5.41) is 9.55. The Kier molecular flexibility index (Phi) is 8.93. The third-order valence-corrected chi connectivity index (χ3v) is 9.37. The number of benzene rings is 2. The van der Waals surface area contributed by atoms with Crippen molar-refractivity contribution in [2.45, 2.75) is 50.7 Å². The maximum atomic E-state index is 15.7. The van der Waals surface area contributed by atoms with Crippen molar-refractivity contribution in [2.75, 3.05) is 20.3 Å². The van der Waals surface area contributed by atoms with Gasteiger partial charge >= 0.3 is 0 Å². The first kappa shape index (κ1) is 26.1. The summed E-state index contributed by atoms with van der Waals surface area (Å²) >= 11 is 2.26. The van der Waals surface area contributed by atoms with E-state index in [4.69, 9.17) is 9.47 Å². The van der Waals surface area contributed by atoms with E-state index >= 15 is 4.11 Å². The average Bonchev–Trinajstić information content (AvgIpc) is 2.77. The number of hydrogen-bond donors (Lipinski definition) is 1. The summed E-state index contributed by atoms with van der Waals surface area (Å²) in [5.74, 6) is 0.397. The fourth-order valence-electron chi connectivity index (χ4n) is 4.63. The molecule has 8 heteroatoms. The molecule has 4 atom stereocenters. The van der Waals surface area contributed by atoms with Gasteiger partial charge in [0.05, 0.1) is 12.7 Å². The monoisotopic (exact) mass is 585 g/mol. The number of halogens is 2. The molecule has 0 bridgehead atoms. The lowest BCUT2D eigenvalue weighted by molar-refractivity contribution is -0.133. The molecule has 0 aromatic heterocycles. The third-order valence-electron chi connectivity index (χ3n) is 6.40. The largest absolute Gasteiger partial charge is 0.490 e. The molecule has 33 heavy (non-hydrogen) atoms. The van der Waals surface area contributed by atoms with Crippen LogP contribution in [0.2, 0.25) is 18.6 Å². The molecule has 1 aliphatic heterocycles. The Bertz CT molecular complexity index is 940. The van der Waals surface area contributed by atoms with Crippen molar-refractivity contribution in [3.63, 3.8) is 0 Å². The lowest BCUT2D eigenvalue weighted by atomic mass is 9.86. The first-order valence-corrected chi connectivity index (χ1v) is 15.3. The van der Waals surface area contributed by atoms with E-state index < -0.39 is 20.1 Å². The number of nitrogens with zero attached hydrogens (tertiary/aromatic N) is 1. The summed E-state index contributed by atoms with van der Waals surface area (Å²) in [4.78, 5) is 15.0. The Morgan fingerprint density at radius 2 is 1.97 bits per heavy atom. The van der Waals surface area contributed by atoms with Crippen LogP contribution in [0.1, 0.15) is 30.6 Å². The number of ether oxygens (including phenoxy) is 2. The fraction of sp³-hybridized carbons (Fsp3) is 0.480. The number of carbonyl (C=O) groups is 1. The molecule has 2 aromatic carbocycles. The Labute approximate surface area is 210 Å². The number of rotatable bonds is 9. The van der Waals surface area contributed by atoms with Crippen molar-refractivity contribution in [2.24, 2.45) is 5.92 Å². The highest BCUT2D eigenvalue weighted by Gasteiger charge is 2.48. The Balaban J connectivity index is 1.87. The number of aliphatic hydroxyl groups is 1. The summed E-state index contributed by atoms with van der Waals surface area (Å²) in [6, 6.07) is 15.5. The molecule has 1 unspecified atom stereocenters. The van der Waals surface area contributed by atoms with Crippen molar-refractivity contribution in [3.8, 4) is 5.75 Å². The van der Waals surface area contributed by atoms with Crippen LogP contribution in [0.25, 0.3) is 0 Å². The molecule has 180 valence electrons. The Morgan fingerprint density at radius 3 is 2.58 bits per heavy atom. The number of fused-ring (bicyclic) bond motifs is 1. The van der Waals surface area contributed by atoms with Crippen molar-refractivity contribution < 1.29 is 23.5 Å². The van der Waals surface area contributed by atoms with Crippen molar-refractivity contribution in [3.05, 3.63) is 63.2 Å². The second-order valence-corrected chi connectivity index (χ2v) is 14.3. The van der Waals surface area contributed by atoms with Gasteiger partial charge in [-0.25, -0.2) is 0 Å². The molecule has 1 heterocycles. The van der Waals surface area contributed by atoms with Gasteiger partial charge in [-0.3, -0.25) is 4.79 Å². The van der Waals surface area contributed by atoms with Gasteiger partial charge in [0.15, 0.2) is 0 Å². The molecular weight excluding hydrogens is 552 g/mol. The summed E-state index contributed by atoms with van der Waals surface area (Å²) < 4.78 is 29.0. The number of methoxy groups -OCH3 is 1. The van der Waals surface area contributed by atoms with Crippen LogP contribution in [-0.2, 0) is 16.1 Å². The van der Waals surface area contributed by atoms with E-state index in [1.54, 1.807) is 25.1 Å². The highest BCUT2D eigenvalue weighted by Crippen LogP contribution is 2.47. The van der Waals surface area contributed by atoms with Gasteiger partial charge in [-0.1, -0.05) is 37.3 Å². The lowest BCUT2D eigenvalue weighted by Gasteiger charge is -2.43. The minimum atomic E-state index is -3.31. The van der Waals surface area contributed by atoms with E-state index in [1.807, 2.05) is 55.5 Å². The summed E-state index contributed by atoms with van der Waals surface area (Å²) in [5.41, 5.74) is 1.38. The van der Waals surface area contributed by atoms with Gasteiger partial charge in [-0.2, -0.15) is 0 Å². The summed E-state index contributed by atoms with van der Waals surface area (Å²) in [7, 11) is -1.65. The average molecular weight is 586 g/mol. The highest BCUT2D eigenvalue weighted by molar-refractivity contribution is 14.1. The van der Waals surface area contributed by atoms with Crippen LogP contribution < -0.4 is 4.74 Å². The van der Waals surface area contributed by atoms with Crippen LogP contribution in [0.5, 0.6) is 5.75 Å². The minimum absolute atomic E-state index is 0.0354. The van der Waals surface area contributed by atoms with Crippen LogP contribution >= 0.6 is 22.6 Å². The SMILES string of the molecule is CO[C@@H]1c2cc(I)ccc2O[C@H](C(CC(=O)N(CCO)Cc2ccccc2)[Si](C)(C)F)[C@H]1C. The van der Waals surface area contributed by atoms with E-state index in [0.29, 0.717) is 12.3 Å². The fourth-order valence-corrected chi connectivity index (χ4v) is 6.96. The minimum Gasteiger partial charge on any atom is -0.490 e. The van der Waals surface area contributed by atoms with E-state index in [1.165, 1.54) is 0 Å². The summed E-state index contributed by atoms with van der Waals surface area (Å²) in [6.45, 7) is 5.73. The molecule has 0 fully saturated rings. The van der Waals surface area contributed by atoms with Crippen LogP contribution in [0.15, 0.2) is 48.5 Å². The van der Waals surface area contributed by atoms with Gasteiger partial charge in [0, 0.05) is 47.2 Å². The molecule has 3 rings (SSSR count). The molecule has 0 spiro atoms. The van der Waals surface area contributed by atoms with Crippen LogP contribution in [0.4, 0.5) is 4.11 Å². The van der Waals surface area contributed by atoms with Gasteiger partial charge < -0.3 is 23.6 Å². The van der Waals surface area contributed by atoms with Crippen LogP contribution in [0, 0.1) is 9.49 Å². The lowest BCUT2D eigenvalue weighted by Crippen LogP contribution is -2.48. The number of aliphatic hydroxyl groups excluding tert-OH is 1. The molecular formula is C25H33FINO4Si. The smallest absolute Gasteiger partial charge is 0.248 e. The summed E-state index contributed by atoms with van der Waals surface area (Å²) in [6.07, 6.45) is -0.681. The molecule has 2 aromatic rings. The van der Waals surface area contributed by atoms with E-state index in [9.17, 15) is 9.90 Å². The maximum Gasteiger partial charge on any atom is 0.248 e. The maximum absolute atomic E-state index is 15.7. The number of hydrogen-bond acceptors (Lipinski definition) is 4. The van der Waals surface area contributed by atoms with Gasteiger partial charge in [0.2, 0.25) is 14.3 Å². The van der Waals surface area contributed by atoms with E-state index in [-0.39, 0.29) is 37.5 Å². The normalized spacial score (nSPS) is 21.1. The molecule has 0 radical (unpaired) electrons. The highest BCUT2D eigenvalue weighted by atomic mass is 127. The first-order chi connectivity index (χ1) is 15.7. The molecule has 0 saturated carbocycles. The molecule has 0 saturated heterocycles. The van der Waals surface area contributed by atoms with Gasteiger partial charge in [0.1, 0.15) is 11.9 Å². The predicted octanol–water partition coefficient (Wildman–Crippen LogP) is 5.33. The third kappa shape index (κ3) is 6.35. The van der Waals surface area contributed by atoms with Gasteiger partial charge in [-0.05, 0) is 59.4 Å². The molecule has 0 aliphatic carbocycles. The first-order valence-electron chi connectivity index (χ1n) is 11.3. The van der Waals surface area contributed by atoms with E-state index in [2.05, 4.69) is 22.6 Å². The van der Waals surface area contributed by atoms with Gasteiger partial charge in [-0.15, -0.1) is 0 Å². The second-order valence-electron chi connectivity index (χ2n) is 9.18. The standard InChI is InChI=1S/C25H33FINO4Si/c1-17-24(31-2)20-14-19(27)10-11-21(20)32-25(17)22(33(3,4)26)15-23(30)28(12-13-29)16-18-8-6-5-7-9-18/h5-11,14,17,22,24-25,29H,12-13,15-16H2,1-4H3/t17-,22?,24-,25-/m0/s1.